The summed E-state index contributed by atoms with van der Waals surface area (Å²) in [5.41, 5.74) is -1.12. The summed E-state index contributed by atoms with van der Waals surface area (Å²) in [6.45, 7) is 8.29. The Morgan fingerprint density at radius 1 is 1.53 bits per heavy atom. The van der Waals surface area contributed by atoms with Gasteiger partial charge in [0, 0.05) is 5.92 Å². The zero-order chi connectivity index (χ0) is 11.4. The van der Waals surface area contributed by atoms with Crippen molar-refractivity contribution in [3.8, 4) is 0 Å². The summed E-state index contributed by atoms with van der Waals surface area (Å²) in [4.78, 5) is 13.8. The lowest BCUT2D eigenvalue weighted by Gasteiger charge is -2.64. The van der Waals surface area contributed by atoms with E-state index in [4.69, 9.17) is 4.74 Å². The number of hydrogen-bond donors (Lipinski definition) is 1. The summed E-state index contributed by atoms with van der Waals surface area (Å²) < 4.78 is 5.64. The van der Waals surface area contributed by atoms with Gasteiger partial charge in [0.15, 0.2) is 0 Å². The first-order valence-corrected chi connectivity index (χ1v) is 5.43. The monoisotopic (exact) mass is 213 g/mol. The van der Waals surface area contributed by atoms with Crippen LogP contribution in [0, 0.1) is 11.3 Å². The van der Waals surface area contributed by atoms with Crippen LogP contribution in [0.2, 0.25) is 0 Å². The third kappa shape index (κ3) is 1.18. The Hall–Kier alpha value is -0.610. The van der Waals surface area contributed by atoms with Crippen LogP contribution in [0.4, 0.5) is 0 Å². The highest BCUT2D eigenvalue weighted by Crippen LogP contribution is 2.49. The van der Waals surface area contributed by atoms with Crippen molar-refractivity contribution in [2.75, 3.05) is 13.2 Å². The number of carbonyl (C=O) groups excluding carboxylic acids is 1. The van der Waals surface area contributed by atoms with Gasteiger partial charge in [-0.25, -0.2) is 0 Å². The maximum Gasteiger partial charge on any atom is 0.235 e. The quantitative estimate of drug-likeness (QED) is 0.649. The smallest absolute Gasteiger partial charge is 0.235 e. The molecule has 2 aliphatic heterocycles. The van der Waals surface area contributed by atoms with Gasteiger partial charge in [-0.3, -0.25) is 4.79 Å². The molecule has 2 fully saturated rings. The third-order valence-electron chi connectivity index (χ3n) is 3.79. The molecule has 2 heterocycles. The van der Waals surface area contributed by atoms with Gasteiger partial charge in [0.25, 0.3) is 0 Å². The molecular weight excluding hydrogens is 194 g/mol. The molecule has 86 valence electrons. The van der Waals surface area contributed by atoms with E-state index in [0.29, 0.717) is 6.61 Å². The number of hydrogen-bond acceptors (Lipinski definition) is 3. The second kappa shape index (κ2) is 2.95. The third-order valence-corrected chi connectivity index (χ3v) is 3.79. The van der Waals surface area contributed by atoms with E-state index >= 15 is 0 Å². The fourth-order valence-electron chi connectivity index (χ4n) is 2.87. The molecule has 0 spiro atoms. The number of amides is 1. The SMILES string of the molecule is CC1COC(C)(C)N2C(=O)C(C)(CO)C12. The topological polar surface area (TPSA) is 49.8 Å². The molecule has 0 aromatic heterocycles. The highest BCUT2D eigenvalue weighted by molar-refractivity contribution is 5.90. The first kappa shape index (κ1) is 10.9. The molecule has 15 heavy (non-hydrogen) atoms. The predicted octanol–water partition coefficient (Wildman–Crippen LogP) is 0.598. The van der Waals surface area contributed by atoms with E-state index in [1.807, 2.05) is 20.8 Å². The van der Waals surface area contributed by atoms with Crippen LogP contribution in [-0.4, -0.2) is 40.9 Å². The molecule has 1 amide bonds. The lowest BCUT2D eigenvalue weighted by molar-refractivity contribution is -0.268. The molecule has 0 aromatic rings. The highest BCUT2D eigenvalue weighted by Gasteiger charge is 2.64. The molecule has 2 rings (SSSR count). The molecule has 4 heteroatoms. The molecule has 0 saturated carbocycles. The van der Waals surface area contributed by atoms with Crippen LogP contribution in [0.5, 0.6) is 0 Å². The number of aliphatic hydroxyl groups excluding tert-OH is 1. The Kier molecular flexibility index (Phi) is 2.14. The first-order valence-electron chi connectivity index (χ1n) is 5.43. The van der Waals surface area contributed by atoms with Crippen LogP contribution in [0.15, 0.2) is 0 Å². The molecule has 1 N–H and O–H groups in total. The van der Waals surface area contributed by atoms with E-state index < -0.39 is 11.1 Å². The van der Waals surface area contributed by atoms with Gasteiger partial charge in [-0.2, -0.15) is 0 Å². The van der Waals surface area contributed by atoms with Gasteiger partial charge in [-0.15, -0.1) is 0 Å². The van der Waals surface area contributed by atoms with Crippen molar-refractivity contribution in [3.63, 3.8) is 0 Å². The standard InChI is InChI=1S/C11H19NO3/c1-7-5-15-10(2,3)12-8(7)11(4,6-13)9(12)14/h7-8,13H,5-6H2,1-4H3. The van der Waals surface area contributed by atoms with Crippen LogP contribution in [-0.2, 0) is 9.53 Å². The van der Waals surface area contributed by atoms with Crippen molar-refractivity contribution < 1.29 is 14.6 Å². The molecule has 4 nitrogen and oxygen atoms in total. The lowest BCUT2D eigenvalue weighted by Crippen LogP contribution is -2.79. The number of aliphatic hydroxyl groups is 1. The van der Waals surface area contributed by atoms with Crippen LogP contribution < -0.4 is 0 Å². The number of carbonyl (C=O) groups is 1. The Morgan fingerprint density at radius 2 is 2.13 bits per heavy atom. The number of ether oxygens (including phenoxy) is 1. The largest absolute Gasteiger partial charge is 0.395 e. The minimum atomic E-state index is -0.597. The van der Waals surface area contributed by atoms with Gasteiger partial charge < -0.3 is 14.7 Å². The van der Waals surface area contributed by atoms with E-state index in [1.165, 1.54) is 0 Å². The average molecular weight is 213 g/mol. The van der Waals surface area contributed by atoms with Gasteiger partial charge in [0.2, 0.25) is 5.91 Å². The van der Waals surface area contributed by atoms with E-state index in [0.717, 1.165) is 0 Å². The summed E-state index contributed by atoms with van der Waals surface area (Å²) >= 11 is 0. The Balaban J connectivity index is 2.32. The Morgan fingerprint density at radius 3 is 2.67 bits per heavy atom. The summed E-state index contributed by atoms with van der Waals surface area (Å²) in [5.74, 6) is 0.291. The molecular formula is C11H19NO3. The average Bonchev–Trinajstić information content (AvgIpc) is 2.19. The highest BCUT2D eigenvalue weighted by atomic mass is 16.5. The van der Waals surface area contributed by atoms with Crippen LogP contribution >= 0.6 is 0 Å². The molecule has 0 bridgehead atoms. The fraction of sp³-hybridized carbons (Fsp3) is 0.909. The fourth-order valence-corrected chi connectivity index (χ4v) is 2.87. The second-order valence-corrected chi connectivity index (χ2v) is 5.43. The first-order chi connectivity index (χ1) is 6.84. The molecule has 2 saturated heterocycles. The zero-order valence-electron chi connectivity index (χ0n) is 9.78. The summed E-state index contributed by atoms with van der Waals surface area (Å²) in [7, 11) is 0. The Bertz CT molecular complexity index is 302. The van der Waals surface area contributed by atoms with Crippen molar-refractivity contribution in [1.82, 2.24) is 4.90 Å². The molecule has 3 unspecified atom stereocenters. The van der Waals surface area contributed by atoms with Crippen LogP contribution in [0.25, 0.3) is 0 Å². The lowest BCUT2D eigenvalue weighted by atomic mass is 9.66. The number of nitrogens with zero attached hydrogens (tertiary/aromatic N) is 1. The molecule has 3 atom stereocenters. The summed E-state index contributed by atoms with van der Waals surface area (Å²) in [6, 6.07) is 0.110. The van der Waals surface area contributed by atoms with E-state index in [1.54, 1.807) is 4.90 Å². The van der Waals surface area contributed by atoms with Crippen molar-refractivity contribution in [2.24, 2.45) is 11.3 Å². The summed E-state index contributed by atoms with van der Waals surface area (Å²) in [5, 5.41) is 9.35. The van der Waals surface area contributed by atoms with Crippen LogP contribution in [0.1, 0.15) is 27.7 Å². The van der Waals surface area contributed by atoms with Crippen molar-refractivity contribution >= 4 is 5.91 Å². The van der Waals surface area contributed by atoms with Crippen molar-refractivity contribution in [3.05, 3.63) is 0 Å². The van der Waals surface area contributed by atoms with Gasteiger partial charge >= 0.3 is 0 Å². The maximum atomic E-state index is 12.0. The maximum absolute atomic E-state index is 12.0. The number of β-lactam (4-membered cyclic amide) rings is 1. The van der Waals surface area contributed by atoms with E-state index in [2.05, 4.69) is 6.92 Å². The van der Waals surface area contributed by atoms with Crippen molar-refractivity contribution in [1.29, 1.82) is 0 Å². The van der Waals surface area contributed by atoms with Gasteiger partial charge in [0.05, 0.1) is 24.7 Å². The van der Waals surface area contributed by atoms with Gasteiger partial charge in [0.1, 0.15) is 5.72 Å². The second-order valence-electron chi connectivity index (χ2n) is 5.43. The normalized spacial score (nSPS) is 43.5. The minimum Gasteiger partial charge on any atom is -0.395 e. The van der Waals surface area contributed by atoms with E-state index in [-0.39, 0.29) is 24.5 Å². The molecule has 0 aliphatic carbocycles. The molecule has 0 radical (unpaired) electrons. The van der Waals surface area contributed by atoms with Gasteiger partial charge in [-0.1, -0.05) is 6.92 Å². The van der Waals surface area contributed by atoms with Gasteiger partial charge in [-0.05, 0) is 20.8 Å². The van der Waals surface area contributed by atoms with Crippen LogP contribution in [0.3, 0.4) is 0 Å². The number of rotatable bonds is 1. The van der Waals surface area contributed by atoms with E-state index in [9.17, 15) is 9.90 Å². The Labute approximate surface area is 90.2 Å². The predicted molar refractivity (Wildman–Crippen MR) is 55.0 cm³/mol. The number of fused-ring (bicyclic) bond motifs is 1. The zero-order valence-corrected chi connectivity index (χ0v) is 9.78. The summed E-state index contributed by atoms with van der Waals surface area (Å²) in [6.07, 6.45) is 0. The minimum absolute atomic E-state index is 0.00606. The molecule has 2 aliphatic rings. The molecule has 0 aromatic carbocycles. The van der Waals surface area contributed by atoms with Crippen molar-refractivity contribution in [2.45, 2.75) is 39.5 Å².